The van der Waals surface area contributed by atoms with Crippen molar-refractivity contribution in [2.45, 2.75) is 29.9 Å². The fraction of sp³-hybridized carbons (Fsp3) is 0.316. The van der Waals surface area contributed by atoms with Crippen LogP contribution in [0.1, 0.15) is 19.0 Å². The van der Waals surface area contributed by atoms with Crippen LogP contribution in [0.25, 0.3) is 21.5 Å². The summed E-state index contributed by atoms with van der Waals surface area (Å²) in [6.07, 6.45) is -1.22. The Morgan fingerprint density at radius 3 is 2.11 bits per heavy atom. The van der Waals surface area contributed by atoms with Crippen molar-refractivity contribution in [3.63, 3.8) is 0 Å². The Morgan fingerprint density at radius 1 is 1.07 bits per heavy atom. The topological polar surface area (TPSA) is 90.5 Å². The number of carbonyl (C=O) groups is 1. The third-order valence-electron chi connectivity index (χ3n) is 5.20. The van der Waals surface area contributed by atoms with E-state index in [1.807, 2.05) is 24.3 Å². The van der Waals surface area contributed by atoms with Crippen LogP contribution in [-0.4, -0.2) is 38.5 Å². The molecule has 0 amide bonds. The van der Waals surface area contributed by atoms with Gasteiger partial charge in [-0.25, -0.2) is 14.2 Å². The third kappa shape index (κ3) is 2.47. The summed E-state index contributed by atoms with van der Waals surface area (Å²) < 4.78 is 7.07. The van der Waals surface area contributed by atoms with Crippen LogP contribution < -0.4 is 11.1 Å². The van der Waals surface area contributed by atoms with Crippen LogP contribution in [0, 0.1) is 0 Å². The molecule has 1 aliphatic rings. The van der Waals surface area contributed by atoms with E-state index >= 15 is 0 Å². The summed E-state index contributed by atoms with van der Waals surface area (Å²) in [4.78, 5) is 38.2. The van der Waals surface area contributed by atoms with Crippen LogP contribution in [0.2, 0.25) is 0 Å². The molecule has 8 heteroatoms. The number of aliphatic hydroxyl groups excluding tert-OH is 1. The van der Waals surface area contributed by atoms with Crippen molar-refractivity contribution >= 4 is 43.4 Å². The maximum atomic E-state index is 13.3. The molecule has 2 aromatic carbocycles. The Kier molecular flexibility index (Phi) is 4.20. The van der Waals surface area contributed by atoms with E-state index in [1.165, 1.54) is 11.8 Å². The maximum Gasteiger partial charge on any atom is 0.333 e. The van der Waals surface area contributed by atoms with Crippen molar-refractivity contribution in [2.24, 2.45) is 0 Å². The maximum absolute atomic E-state index is 13.3. The molecule has 1 aromatic heterocycles. The number of rotatable bonds is 1. The van der Waals surface area contributed by atoms with E-state index in [0.29, 0.717) is 0 Å². The van der Waals surface area contributed by atoms with E-state index in [-0.39, 0.29) is 10.8 Å². The van der Waals surface area contributed by atoms with Crippen LogP contribution in [0.15, 0.2) is 46.0 Å². The summed E-state index contributed by atoms with van der Waals surface area (Å²) >= 11 is 3.36. The zero-order valence-corrected chi connectivity index (χ0v) is 16.2. The summed E-state index contributed by atoms with van der Waals surface area (Å²) in [6, 6.07) is 8.90. The van der Waals surface area contributed by atoms with Gasteiger partial charge in [-0.1, -0.05) is 40.2 Å². The number of methoxy groups -OCH3 is 1. The Bertz CT molecular complexity index is 1200. The predicted octanol–water partition coefficient (Wildman–Crippen LogP) is 1.73. The lowest BCUT2D eigenvalue weighted by molar-refractivity contribution is -0.151. The van der Waals surface area contributed by atoms with Gasteiger partial charge in [0.05, 0.1) is 28.8 Å². The largest absolute Gasteiger partial charge is 0.467 e. The lowest BCUT2D eigenvalue weighted by Gasteiger charge is -2.38. The molecule has 7 nitrogen and oxygen atoms in total. The van der Waals surface area contributed by atoms with E-state index in [4.69, 9.17) is 4.74 Å². The monoisotopic (exact) mass is 432 g/mol. The smallest absolute Gasteiger partial charge is 0.333 e. The first-order chi connectivity index (χ1) is 12.9. The molecule has 0 saturated carbocycles. The number of nitrogens with zero attached hydrogens (tertiary/aromatic N) is 2. The lowest BCUT2D eigenvalue weighted by Crippen LogP contribution is -2.56. The van der Waals surface area contributed by atoms with Crippen LogP contribution in [0.3, 0.4) is 0 Å². The first kappa shape index (κ1) is 17.9. The second-order valence-corrected chi connectivity index (χ2v) is 7.75. The van der Waals surface area contributed by atoms with Crippen LogP contribution in [0.5, 0.6) is 0 Å². The van der Waals surface area contributed by atoms with Crippen LogP contribution in [0.4, 0.5) is 0 Å². The SMILES string of the molecule is COC(=O)[C@H]1[C@H](O)[C@@H](Br)[C@@H](C)n2c(=O)c3cc4ccccc4cc3c(=O)n21. The molecule has 2 heterocycles. The highest BCUT2D eigenvalue weighted by molar-refractivity contribution is 9.09. The molecule has 0 unspecified atom stereocenters. The first-order valence-corrected chi connectivity index (χ1v) is 9.38. The number of alkyl halides is 1. The summed E-state index contributed by atoms with van der Waals surface area (Å²) in [6.45, 7) is 1.71. The van der Waals surface area contributed by atoms with Crippen molar-refractivity contribution in [2.75, 3.05) is 7.11 Å². The average Bonchev–Trinajstić information content (AvgIpc) is 2.68. The number of hydrogen-bond donors (Lipinski definition) is 1. The second kappa shape index (κ2) is 6.31. The molecule has 1 aliphatic heterocycles. The molecule has 140 valence electrons. The normalized spacial score (nSPS) is 24.7. The molecule has 0 spiro atoms. The number of carbonyl (C=O) groups excluding carboxylic acids is 1. The molecule has 1 N–H and O–H groups in total. The van der Waals surface area contributed by atoms with Crippen molar-refractivity contribution in [1.82, 2.24) is 9.36 Å². The van der Waals surface area contributed by atoms with Gasteiger partial charge < -0.3 is 9.84 Å². The van der Waals surface area contributed by atoms with Crippen molar-refractivity contribution in [3.05, 3.63) is 57.1 Å². The molecule has 0 radical (unpaired) electrons. The van der Waals surface area contributed by atoms with Gasteiger partial charge in [0, 0.05) is 0 Å². The van der Waals surface area contributed by atoms with Gasteiger partial charge in [0.25, 0.3) is 11.1 Å². The number of benzene rings is 2. The van der Waals surface area contributed by atoms with Gasteiger partial charge in [-0.2, -0.15) is 0 Å². The van der Waals surface area contributed by atoms with Gasteiger partial charge in [-0.3, -0.25) is 9.59 Å². The highest BCUT2D eigenvalue weighted by atomic mass is 79.9. The molecule has 3 aromatic rings. The minimum Gasteiger partial charge on any atom is -0.467 e. The average molecular weight is 433 g/mol. The van der Waals surface area contributed by atoms with E-state index in [0.717, 1.165) is 15.5 Å². The van der Waals surface area contributed by atoms with E-state index in [2.05, 4.69) is 15.9 Å². The van der Waals surface area contributed by atoms with Crippen LogP contribution >= 0.6 is 15.9 Å². The molecule has 4 atom stereocenters. The number of fused-ring (bicyclic) bond motifs is 3. The molecular formula is C19H17BrN2O5. The van der Waals surface area contributed by atoms with Crippen molar-refractivity contribution < 1.29 is 14.6 Å². The molecular weight excluding hydrogens is 416 g/mol. The summed E-state index contributed by atoms with van der Waals surface area (Å²) in [5.41, 5.74) is -0.913. The predicted molar refractivity (Wildman–Crippen MR) is 104 cm³/mol. The summed E-state index contributed by atoms with van der Waals surface area (Å²) in [7, 11) is 1.18. The fourth-order valence-corrected chi connectivity index (χ4v) is 4.29. The van der Waals surface area contributed by atoms with Crippen molar-refractivity contribution in [1.29, 1.82) is 0 Å². The van der Waals surface area contributed by atoms with E-state index in [1.54, 1.807) is 19.1 Å². The zero-order valence-electron chi connectivity index (χ0n) is 14.6. The number of aliphatic hydroxyl groups is 1. The number of ether oxygens (including phenoxy) is 1. The minimum absolute atomic E-state index is 0.205. The quantitative estimate of drug-likeness (QED) is 0.359. The number of halogens is 1. The highest BCUT2D eigenvalue weighted by Gasteiger charge is 2.44. The van der Waals surface area contributed by atoms with Gasteiger partial charge in [0.15, 0.2) is 6.04 Å². The molecule has 0 bridgehead atoms. The van der Waals surface area contributed by atoms with Gasteiger partial charge >= 0.3 is 5.97 Å². The summed E-state index contributed by atoms with van der Waals surface area (Å²) in [5, 5.41) is 12.7. The first-order valence-electron chi connectivity index (χ1n) is 8.46. The molecule has 0 fully saturated rings. The minimum atomic E-state index is -1.31. The van der Waals surface area contributed by atoms with Crippen LogP contribution in [-0.2, 0) is 9.53 Å². The lowest BCUT2D eigenvalue weighted by atomic mass is 9.99. The van der Waals surface area contributed by atoms with Crippen molar-refractivity contribution in [3.8, 4) is 0 Å². The Morgan fingerprint density at radius 2 is 1.59 bits per heavy atom. The third-order valence-corrected chi connectivity index (χ3v) is 6.50. The Hall–Kier alpha value is -2.45. The highest BCUT2D eigenvalue weighted by Crippen LogP contribution is 2.33. The fourth-order valence-electron chi connectivity index (χ4n) is 3.78. The van der Waals surface area contributed by atoms with Gasteiger partial charge in [0.1, 0.15) is 6.10 Å². The standard InChI is InChI=1S/C19H17BrN2O5/c1-9-14(20)16(23)15(19(26)27-2)22-18(25)13-8-11-6-4-3-5-10(11)7-12(13)17(24)21(9)22/h3-9,14-16,23H,1-2H3/t9-,14+,15-,16-/m1/s1. The summed E-state index contributed by atoms with van der Waals surface area (Å²) in [5.74, 6) is -0.783. The molecule has 27 heavy (non-hydrogen) atoms. The second-order valence-electron chi connectivity index (χ2n) is 6.69. The Balaban J connectivity index is 2.18. The van der Waals surface area contributed by atoms with E-state index < -0.39 is 40.1 Å². The molecule has 4 rings (SSSR count). The van der Waals surface area contributed by atoms with Gasteiger partial charge in [0.2, 0.25) is 0 Å². The number of hydrogen-bond acceptors (Lipinski definition) is 5. The van der Waals surface area contributed by atoms with Gasteiger partial charge in [-0.05, 0) is 29.8 Å². The zero-order chi connectivity index (χ0) is 19.5. The van der Waals surface area contributed by atoms with E-state index in [9.17, 15) is 19.5 Å². The molecule has 0 aliphatic carbocycles. The number of aromatic nitrogens is 2. The number of esters is 1. The Labute approximate surface area is 161 Å². The van der Waals surface area contributed by atoms with Gasteiger partial charge in [-0.15, -0.1) is 0 Å². The molecule has 0 saturated heterocycles.